The second kappa shape index (κ2) is 8.72. The number of methoxy groups -OCH3 is 1. The summed E-state index contributed by atoms with van der Waals surface area (Å²) in [6.07, 6.45) is -0.441. The van der Waals surface area contributed by atoms with Crippen LogP contribution in [0.25, 0.3) is 0 Å². The molecule has 1 aromatic heterocycles. The number of rotatable bonds is 5. The minimum absolute atomic E-state index is 0.0185. The Kier molecular flexibility index (Phi) is 5.81. The molecular formula is C22H21ClN8O2. The van der Waals surface area contributed by atoms with Crippen LogP contribution < -0.4 is 31.3 Å². The molecule has 5 N–H and O–H groups in total. The van der Waals surface area contributed by atoms with Crippen molar-refractivity contribution in [2.45, 2.75) is 13.1 Å². The van der Waals surface area contributed by atoms with Gasteiger partial charge in [-0.25, -0.2) is 0 Å². The number of hydrogen-bond acceptors (Lipinski definition) is 9. The molecule has 1 amide bonds. The minimum Gasteiger partial charge on any atom is -0.497 e. The van der Waals surface area contributed by atoms with Crippen molar-refractivity contribution in [2.75, 3.05) is 40.4 Å². The zero-order chi connectivity index (χ0) is 23.7. The molecule has 1 unspecified atom stereocenters. The maximum Gasteiger partial charge on any atom is 0.263 e. The average Bonchev–Trinajstić information content (AvgIpc) is 2.79. The number of hydrogen-bond donors (Lipinski definition) is 3. The summed E-state index contributed by atoms with van der Waals surface area (Å²) in [5, 5.41) is 13.0. The molecule has 0 radical (unpaired) electrons. The van der Waals surface area contributed by atoms with Crippen LogP contribution in [0, 0.1) is 11.3 Å². The lowest BCUT2D eigenvalue weighted by molar-refractivity contribution is 0.0982. The quantitative estimate of drug-likeness (QED) is 0.518. The van der Waals surface area contributed by atoms with E-state index >= 15 is 0 Å². The van der Waals surface area contributed by atoms with Gasteiger partial charge in [0.1, 0.15) is 29.9 Å². The molecule has 0 fully saturated rings. The largest absolute Gasteiger partial charge is 0.497 e. The lowest BCUT2D eigenvalue weighted by atomic mass is 10.1. The molecule has 0 spiro atoms. The number of carbonyl (C=O) groups excluding carboxylic acids is 1. The van der Waals surface area contributed by atoms with Crippen molar-refractivity contribution in [1.82, 2.24) is 9.97 Å². The van der Waals surface area contributed by atoms with E-state index in [1.165, 1.54) is 0 Å². The van der Waals surface area contributed by atoms with Crippen molar-refractivity contribution in [2.24, 2.45) is 0 Å². The molecule has 168 valence electrons. The molecule has 1 aliphatic rings. The van der Waals surface area contributed by atoms with E-state index in [1.54, 1.807) is 42.3 Å². The van der Waals surface area contributed by atoms with E-state index in [-0.39, 0.29) is 35.7 Å². The number of ether oxygens (including phenoxy) is 1. The first kappa shape index (κ1) is 22.0. The van der Waals surface area contributed by atoms with E-state index in [1.807, 2.05) is 30.0 Å². The Morgan fingerprint density at radius 1 is 1.24 bits per heavy atom. The van der Waals surface area contributed by atoms with E-state index in [9.17, 15) is 10.1 Å². The normalized spacial score (nSPS) is 13.8. The van der Waals surface area contributed by atoms with Crippen molar-refractivity contribution in [3.63, 3.8) is 0 Å². The van der Waals surface area contributed by atoms with Gasteiger partial charge in [-0.15, -0.1) is 0 Å². The molecule has 3 aromatic rings. The Hall–Kier alpha value is -4.23. The number of amides is 1. The Balaban J connectivity index is 1.76. The van der Waals surface area contributed by atoms with Gasteiger partial charge in [0, 0.05) is 11.8 Å². The third-order valence-electron chi connectivity index (χ3n) is 5.30. The number of carbonyl (C=O) groups is 1. The number of nitrogens with one attached hydrogen (secondary N) is 1. The highest BCUT2D eigenvalue weighted by Gasteiger charge is 2.34. The van der Waals surface area contributed by atoms with Gasteiger partial charge in [0.15, 0.2) is 5.82 Å². The predicted octanol–water partition coefficient (Wildman–Crippen LogP) is 3.06. The molecule has 11 heteroatoms. The second-order valence-corrected chi connectivity index (χ2v) is 7.71. The number of halogens is 1. The molecule has 2 heterocycles. The number of nitrogens with zero attached hydrogens (tertiary/aromatic N) is 5. The summed E-state index contributed by atoms with van der Waals surface area (Å²) in [6, 6.07) is 14.5. The summed E-state index contributed by atoms with van der Waals surface area (Å²) >= 11 is 6.45. The summed E-state index contributed by atoms with van der Waals surface area (Å²) in [4.78, 5) is 24.9. The number of nitriles is 1. The zero-order valence-corrected chi connectivity index (χ0v) is 18.7. The number of benzene rings is 2. The summed E-state index contributed by atoms with van der Waals surface area (Å²) in [7, 11) is 1.56. The topological polar surface area (TPSA) is 146 Å². The van der Waals surface area contributed by atoms with Gasteiger partial charge in [0.05, 0.1) is 29.5 Å². The van der Waals surface area contributed by atoms with Crippen LogP contribution in [0.15, 0.2) is 42.5 Å². The van der Waals surface area contributed by atoms with E-state index in [0.717, 1.165) is 0 Å². The van der Waals surface area contributed by atoms with Crippen LogP contribution in [0.5, 0.6) is 5.75 Å². The fraction of sp³-hybridized carbons (Fsp3) is 0.182. The van der Waals surface area contributed by atoms with Crippen LogP contribution in [-0.2, 0) is 0 Å². The second-order valence-electron chi connectivity index (χ2n) is 7.30. The molecule has 1 aliphatic heterocycles. The highest BCUT2D eigenvalue weighted by Crippen LogP contribution is 2.37. The zero-order valence-electron chi connectivity index (χ0n) is 17.9. The Bertz CT molecular complexity index is 1280. The number of anilines is 5. The highest BCUT2D eigenvalue weighted by atomic mass is 35.5. The van der Waals surface area contributed by atoms with Gasteiger partial charge in [-0.05, 0) is 31.2 Å². The lowest BCUT2D eigenvalue weighted by Gasteiger charge is -2.41. The van der Waals surface area contributed by atoms with Gasteiger partial charge in [-0.1, -0.05) is 23.7 Å². The Morgan fingerprint density at radius 2 is 2.00 bits per heavy atom. The van der Waals surface area contributed by atoms with Crippen LogP contribution in [-0.4, -0.2) is 35.8 Å². The van der Waals surface area contributed by atoms with Crippen LogP contribution in [0.4, 0.5) is 29.0 Å². The van der Waals surface area contributed by atoms with Crippen molar-refractivity contribution in [3.8, 4) is 11.8 Å². The first-order chi connectivity index (χ1) is 15.8. The van der Waals surface area contributed by atoms with Crippen molar-refractivity contribution >= 4 is 46.5 Å². The van der Waals surface area contributed by atoms with Gasteiger partial charge in [0.25, 0.3) is 5.91 Å². The molecule has 0 bridgehead atoms. The van der Waals surface area contributed by atoms with Crippen LogP contribution in [0.3, 0.4) is 0 Å². The molecule has 1 atom stereocenters. The minimum atomic E-state index is -0.441. The van der Waals surface area contributed by atoms with Crippen LogP contribution in [0.1, 0.15) is 22.8 Å². The van der Waals surface area contributed by atoms with E-state index in [2.05, 4.69) is 15.3 Å². The van der Waals surface area contributed by atoms with E-state index < -0.39 is 6.17 Å². The van der Waals surface area contributed by atoms with Gasteiger partial charge in [0.2, 0.25) is 5.95 Å². The lowest BCUT2D eigenvalue weighted by Crippen LogP contribution is -2.52. The van der Waals surface area contributed by atoms with E-state index in [4.69, 9.17) is 27.8 Å². The number of nitrogen functional groups attached to an aromatic ring is 2. The van der Waals surface area contributed by atoms with Crippen molar-refractivity contribution < 1.29 is 9.53 Å². The first-order valence-electron chi connectivity index (χ1n) is 9.94. The fourth-order valence-electron chi connectivity index (χ4n) is 3.69. The molecule has 2 aromatic carbocycles. The van der Waals surface area contributed by atoms with Gasteiger partial charge >= 0.3 is 0 Å². The fourth-order valence-corrected chi connectivity index (χ4v) is 3.94. The Morgan fingerprint density at radius 3 is 2.73 bits per heavy atom. The van der Waals surface area contributed by atoms with Gasteiger partial charge in [-0.3, -0.25) is 9.69 Å². The average molecular weight is 465 g/mol. The van der Waals surface area contributed by atoms with E-state index in [0.29, 0.717) is 27.7 Å². The molecule has 0 saturated heterocycles. The van der Waals surface area contributed by atoms with Crippen LogP contribution >= 0.6 is 11.6 Å². The number of fused-ring (bicyclic) bond motifs is 1. The molecule has 0 aliphatic carbocycles. The summed E-state index contributed by atoms with van der Waals surface area (Å²) < 4.78 is 5.32. The number of aromatic nitrogens is 2. The van der Waals surface area contributed by atoms with Gasteiger partial charge < -0.3 is 26.4 Å². The van der Waals surface area contributed by atoms with Crippen LogP contribution in [0.2, 0.25) is 5.02 Å². The standard InChI is InChI=1S/C22H21ClN8O2/c1-12(27-20-15(10-24)19(25)28-22(26)29-20)30-11-31(13-5-3-6-14(9-13)33-2)21(32)18-16(23)7-4-8-17(18)30/h3-9,12H,11H2,1-2H3,(H5,25,26,27,28,29). The monoisotopic (exact) mass is 464 g/mol. The molecule has 33 heavy (non-hydrogen) atoms. The third-order valence-corrected chi connectivity index (χ3v) is 5.61. The van der Waals surface area contributed by atoms with Crippen molar-refractivity contribution in [3.05, 3.63) is 58.6 Å². The maximum atomic E-state index is 13.4. The Labute approximate surface area is 195 Å². The summed E-state index contributed by atoms with van der Waals surface area (Å²) in [5.74, 6) is 0.504. The summed E-state index contributed by atoms with van der Waals surface area (Å²) in [5.41, 5.74) is 13.3. The SMILES string of the molecule is COc1cccc(N2CN(C(C)Nc3nc(N)nc(N)c3C#N)c3cccc(Cl)c3C2=O)c1. The molecule has 4 rings (SSSR count). The molecule has 10 nitrogen and oxygen atoms in total. The highest BCUT2D eigenvalue weighted by molar-refractivity contribution is 6.35. The first-order valence-corrected chi connectivity index (χ1v) is 10.3. The maximum absolute atomic E-state index is 13.4. The molecule has 0 saturated carbocycles. The number of nitrogens with two attached hydrogens (primary N) is 2. The molecular weight excluding hydrogens is 444 g/mol. The predicted molar refractivity (Wildman–Crippen MR) is 127 cm³/mol. The van der Waals surface area contributed by atoms with Gasteiger partial charge in [-0.2, -0.15) is 15.2 Å². The smallest absolute Gasteiger partial charge is 0.263 e. The summed E-state index contributed by atoms with van der Waals surface area (Å²) in [6.45, 7) is 2.06. The third kappa shape index (κ3) is 4.02. The van der Waals surface area contributed by atoms with Crippen molar-refractivity contribution in [1.29, 1.82) is 5.26 Å².